The predicted octanol–water partition coefficient (Wildman–Crippen LogP) is 4.73. The Morgan fingerprint density at radius 1 is 1.00 bits per heavy atom. The highest BCUT2D eigenvalue weighted by atomic mass is 79.9. The number of para-hydroxylation sites is 1. The first-order chi connectivity index (χ1) is 8.08. The summed E-state index contributed by atoms with van der Waals surface area (Å²) >= 11 is 6.40. The van der Waals surface area contributed by atoms with E-state index in [1.807, 2.05) is 18.2 Å². The molecular formula is C12H8Br2FNO. The predicted molar refractivity (Wildman–Crippen MR) is 72.7 cm³/mol. The molecule has 0 atom stereocenters. The van der Waals surface area contributed by atoms with E-state index in [1.54, 1.807) is 6.07 Å². The molecule has 2 nitrogen and oxygen atoms in total. The summed E-state index contributed by atoms with van der Waals surface area (Å²) in [6.45, 7) is 0. The summed E-state index contributed by atoms with van der Waals surface area (Å²) in [6, 6.07) is 10.0. The van der Waals surface area contributed by atoms with E-state index in [1.165, 1.54) is 12.1 Å². The van der Waals surface area contributed by atoms with Crippen LogP contribution in [-0.4, -0.2) is 0 Å². The Bertz CT molecular complexity index is 560. The third-order valence-electron chi connectivity index (χ3n) is 2.11. The highest BCUT2D eigenvalue weighted by Gasteiger charge is 2.09. The van der Waals surface area contributed by atoms with Gasteiger partial charge >= 0.3 is 0 Å². The lowest BCUT2D eigenvalue weighted by atomic mass is 10.3. The Kier molecular flexibility index (Phi) is 3.69. The van der Waals surface area contributed by atoms with E-state index < -0.39 is 5.82 Å². The molecule has 0 unspecified atom stereocenters. The van der Waals surface area contributed by atoms with Crippen LogP contribution >= 0.6 is 31.9 Å². The lowest BCUT2D eigenvalue weighted by Gasteiger charge is -2.10. The summed E-state index contributed by atoms with van der Waals surface area (Å²) in [4.78, 5) is 0. The van der Waals surface area contributed by atoms with E-state index in [0.717, 1.165) is 4.47 Å². The van der Waals surface area contributed by atoms with Crippen LogP contribution in [0.25, 0.3) is 0 Å². The van der Waals surface area contributed by atoms with Gasteiger partial charge < -0.3 is 10.5 Å². The monoisotopic (exact) mass is 359 g/mol. The van der Waals surface area contributed by atoms with Gasteiger partial charge in [0.1, 0.15) is 11.6 Å². The molecule has 17 heavy (non-hydrogen) atoms. The smallest absolute Gasteiger partial charge is 0.153 e. The van der Waals surface area contributed by atoms with Crippen LogP contribution in [0, 0.1) is 5.82 Å². The fraction of sp³-hybridized carbons (Fsp3) is 0. The van der Waals surface area contributed by atoms with Gasteiger partial charge in [0.15, 0.2) is 5.75 Å². The first-order valence-corrected chi connectivity index (χ1v) is 6.33. The maximum Gasteiger partial charge on any atom is 0.153 e. The molecule has 0 spiro atoms. The van der Waals surface area contributed by atoms with E-state index in [4.69, 9.17) is 10.5 Å². The Labute approximate surface area is 115 Å². The van der Waals surface area contributed by atoms with Crippen molar-refractivity contribution in [2.24, 2.45) is 0 Å². The molecule has 0 amide bonds. The maximum atomic E-state index is 13.4. The minimum atomic E-state index is -0.416. The minimum absolute atomic E-state index is 0.289. The van der Waals surface area contributed by atoms with Crippen LogP contribution in [0.3, 0.4) is 0 Å². The molecule has 0 saturated carbocycles. The summed E-state index contributed by atoms with van der Waals surface area (Å²) in [5.41, 5.74) is 6.12. The van der Waals surface area contributed by atoms with Crippen LogP contribution in [0.1, 0.15) is 0 Å². The van der Waals surface area contributed by atoms with E-state index in [-0.39, 0.29) is 5.75 Å². The highest BCUT2D eigenvalue weighted by molar-refractivity contribution is 9.10. The van der Waals surface area contributed by atoms with Crippen molar-refractivity contribution in [2.75, 3.05) is 5.73 Å². The van der Waals surface area contributed by atoms with E-state index >= 15 is 0 Å². The molecule has 0 bridgehead atoms. The van der Waals surface area contributed by atoms with E-state index in [0.29, 0.717) is 15.9 Å². The largest absolute Gasteiger partial charge is 0.454 e. The van der Waals surface area contributed by atoms with Crippen LogP contribution in [0.2, 0.25) is 0 Å². The zero-order valence-corrected chi connectivity index (χ0v) is 11.8. The Morgan fingerprint density at radius 2 is 1.71 bits per heavy atom. The number of nitrogens with two attached hydrogens (primary N) is 1. The lowest BCUT2D eigenvalue weighted by Crippen LogP contribution is -1.94. The van der Waals surface area contributed by atoms with Gasteiger partial charge in [0.25, 0.3) is 0 Å². The van der Waals surface area contributed by atoms with Crippen molar-refractivity contribution in [3.63, 3.8) is 0 Å². The molecule has 0 aliphatic rings. The third-order valence-corrected chi connectivity index (χ3v) is 3.37. The standard InChI is InChI=1S/C12H8Br2FNO/c13-7-3-1-2-4-11(7)17-12-6-9(15)8(14)5-10(12)16/h1-6H,16H2. The summed E-state index contributed by atoms with van der Waals surface area (Å²) in [5, 5.41) is 0. The van der Waals surface area contributed by atoms with Gasteiger partial charge in [0, 0.05) is 6.07 Å². The Hall–Kier alpha value is -1.07. The molecule has 2 rings (SSSR count). The second-order valence-electron chi connectivity index (χ2n) is 3.34. The van der Waals surface area contributed by atoms with Crippen molar-refractivity contribution in [1.29, 1.82) is 0 Å². The molecule has 0 radical (unpaired) electrons. The maximum absolute atomic E-state index is 13.4. The van der Waals surface area contributed by atoms with Crippen LogP contribution in [-0.2, 0) is 0 Å². The van der Waals surface area contributed by atoms with Crippen molar-refractivity contribution in [1.82, 2.24) is 0 Å². The molecule has 2 aromatic carbocycles. The quantitative estimate of drug-likeness (QED) is 0.786. The molecule has 0 aliphatic heterocycles. The van der Waals surface area contributed by atoms with Crippen molar-refractivity contribution in [3.05, 3.63) is 51.2 Å². The number of benzene rings is 2. The van der Waals surface area contributed by atoms with Gasteiger partial charge in [-0.2, -0.15) is 0 Å². The van der Waals surface area contributed by atoms with Gasteiger partial charge in [-0.25, -0.2) is 4.39 Å². The number of hydrogen-bond donors (Lipinski definition) is 1. The highest BCUT2D eigenvalue weighted by Crippen LogP contribution is 2.34. The molecule has 2 aromatic rings. The first-order valence-electron chi connectivity index (χ1n) is 4.75. The molecule has 0 aliphatic carbocycles. The number of ether oxygens (including phenoxy) is 1. The number of anilines is 1. The van der Waals surface area contributed by atoms with E-state index in [9.17, 15) is 4.39 Å². The molecule has 0 fully saturated rings. The second-order valence-corrected chi connectivity index (χ2v) is 5.05. The topological polar surface area (TPSA) is 35.2 Å². The molecule has 2 N–H and O–H groups in total. The summed E-state index contributed by atoms with van der Waals surface area (Å²) in [7, 11) is 0. The van der Waals surface area contributed by atoms with Crippen molar-refractivity contribution in [3.8, 4) is 11.5 Å². The van der Waals surface area contributed by atoms with Gasteiger partial charge in [-0.15, -0.1) is 0 Å². The zero-order valence-electron chi connectivity index (χ0n) is 8.58. The summed E-state index contributed by atoms with van der Waals surface area (Å²) in [5.74, 6) is 0.458. The number of halogens is 3. The minimum Gasteiger partial charge on any atom is -0.454 e. The fourth-order valence-corrected chi connectivity index (χ4v) is 2.01. The average Bonchev–Trinajstić information content (AvgIpc) is 2.29. The van der Waals surface area contributed by atoms with Gasteiger partial charge in [-0.1, -0.05) is 12.1 Å². The normalized spacial score (nSPS) is 10.3. The van der Waals surface area contributed by atoms with Crippen LogP contribution in [0.4, 0.5) is 10.1 Å². The van der Waals surface area contributed by atoms with E-state index in [2.05, 4.69) is 31.9 Å². The molecule has 88 valence electrons. The number of hydrogen-bond acceptors (Lipinski definition) is 2. The van der Waals surface area contributed by atoms with Gasteiger partial charge in [0.2, 0.25) is 0 Å². The van der Waals surface area contributed by atoms with Crippen LogP contribution < -0.4 is 10.5 Å². The molecular weight excluding hydrogens is 353 g/mol. The van der Waals surface area contributed by atoms with Gasteiger partial charge in [-0.3, -0.25) is 0 Å². The molecule has 5 heteroatoms. The first kappa shape index (κ1) is 12.4. The van der Waals surface area contributed by atoms with Crippen molar-refractivity contribution < 1.29 is 9.13 Å². The van der Waals surface area contributed by atoms with Crippen LogP contribution in [0.15, 0.2) is 45.3 Å². The number of nitrogen functional groups attached to an aromatic ring is 1. The Balaban J connectivity index is 2.37. The lowest BCUT2D eigenvalue weighted by molar-refractivity contribution is 0.476. The third kappa shape index (κ3) is 2.79. The Morgan fingerprint density at radius 3 is 2.41 bits per heavy atom. The van der Waals surface area contributed by atoms with Gasteiger partial charge in [0.05, 0.1) is 14.6 Å². The molecule has 0 heterocycles. The summed E-state index contributed by atoms with van der Waals surface area (Å²) < 4.78 is 20.0. The van der Waals surface area contributed by atoms with Crippen LogP contribution in [0.5, 0.6) is 11.5 Å². The second kappa shape index (κ2) is 5.06. The SMILES string of the molecule is Nc1cc(Br)c(F)cc1Oc1ccccc1Br. The summed E-state index contributed by atoms with van der Waals surface area (Å²) in [6.07, 6.45) is 0. The van der Waals surface area contributed by atoms with Gasteiger partial charge in [-0.05, 0) is 50.1 Å². The molecule has 0 aromatic heterocycles. The average molecular weight is 361 g/mol. The molecule has 0 saturated heterocycles. The van der Waals surface area contributed by atoms with Crippen molar-refractivity contribution >= 4 is 37.5 Å². The zero-order chi connectivity index (χ0) is 12.4. The van der Waals surface area contributed by atoms with Crippen molar-refractivity contribution in [2.45, 2.75) is 0 Å². The number of rotatable bonds is 2. The fourth-order valence-electron chi connectivity index (χ4n) is 1.28.